The van der Waals surface area contributed by atoms with Gasteiger partial charge in [-0.3, -0.25) is 4.79 Å². The van der Waals surface area contributed by atoms with Gasteiger partial charge in [0.2, 0.25) is 0 Å². The number of benzene rings is 1. The molecule has 1 aliphatic carbocycles. The molecule has 0 bridgehead atoms. The van der Waals surface area contributed by atoms with Gasteiger partial charge in [-0.2, -0.15) is 0 Å². The van der Waals surface area contributed by atoms with Crippen LogP contribution < -0.4 is 10.6 Å². The topological polar surface area (TPSA) is 61.4 Å². The lowest BCUT2D eigenvalue weighted by Crippen LogP contribution is -2.38. The van der Waals surface area contributed by atoms with E-state index in [9.17, 15) is 9.90 Å². The fraction of sp³-hybridized carbons (Fsp3) is 0.316. The molecule has 1 aromatic carbocycles. The molecule has 0 unspecified atom stereocenters. The number of hydrogen-bond acceptors (Lipinski definition) is 4. The van der Waals surface area contributed by atoms with Gasteiger partial charge in [0, 0.05) is 10.4 Å². The molecule has 2 heterocycles. The quantitative estimate of drug-likeness (QED) is 0.742. The monoisotopic (exact) mass is 340 g/mol. The lowest BCUT2D eigenvalue weighted by molar-refractivity contribution is 0.0935. The lowest BCUT2D eigenvalue weighted by Gasteiger charge is -2.28. The van der Waals surface area contributed by atoms with Crippen LogP contribution in [0.15, 0.2) is 30.9 Å². The van der Waals surface area contributed by atoms with Crippen LogP contribution in [0.4, 0.5) is 5.00 Å². The number of thiophene rings is 1. The van der Waals surface area contributed by atoms with Crippen LogP contribution in [-0.4, -0.2) is 11.0 Å². The van der Waals surface area contributed by atoms with E-state index in [2.05, 4.69) is 17.2 Å². The first-order chi connectivity index (χ1) is 11.7. The first-order valence-electron chi connectivity index (χ1n) is 8.32. The van der Waals surface area contributed by atoms with E-state index in [1.807, 2.05) is 12.1 Å². The van der Waals surface area contributed by atoms with Crippen molar-refractivity contribution in [3.8, 4) is 5.75 Å². The second kappa shape index (κ2) is 5.98. The average molecular weight is 340 g/mol. The minimum absolute atomic E-state index is 0.0408. The Labute approximate surface area is 145 Å². The zero-order chi connectivity index (χ0) is 16.7. The third-order valence-corrected chi connectivity index (χ3v) is 6.00. The highest BCUT2D eigenvalue weighted by molar-refractivity contribution is 7.16. The van der Waals surface area contributed by atoms with Crippen molar-refractivity contribution in [2.24, 2.45) is 0 Å². The van der Waals surface area contributed by atoms with E-state index in [4.69, 9.17) is 0 Å². The van der Waals surface area contributed by atoms with E-state index in [0.29, 0.717) is 6.42 Å². The molecule has 1 aromatic heterocycles. The number of fused-ring (bicyclic) bond motifs is 3. The van der Waals surface area contributed by atoms with Crippen molar-refractivity contribution in [1.82, 2.24) is 5.32 Å². The van der Waals surface area contributed by atoms with Gasteiger partial charge < -0.3 is 15.7 Å². The number of anilines is 1. The maximum Gasteiger partial charge on any atom is 0.256 e. The predicted molar refractivity (Wildman–Crippen MR) is 96.8 cm³/mol. The maximum absolute atomic E-state index is 12.7. The Morgan fingerprint density at radius 3 is 2.96 bits per heavy atom. The minimum Gasteiger partial charge on any atom is -0.508 e. The van der Waals surface area contributed by atoms with Gasteiger partial charge in [0.15, 0.2) is 0 Å². The minimum atomic E-state index is -0.416. The third-order valence-electron chi connectivity index (χ3n) is 4.78. The number of nitrogens with one attached hydrogen (secondary N) is 2. The van der Waals surface area contributed by atoms with Gasteiger partial charge in [-0.15, -0.1) is 17.9 Å². The molecule has 0 radical (unpaired) electrons. The molecular weight excluding hydrogens is 320 g/mol. The largest absolute Gasteiger partial charge is 0.508 e. The van der Waals surface area contributed by atoms with E-state index in [-0.39, 0.29) is 11.7 Å². The molecule has 1 aliphatic heterocycles. The summed E-state index contributed by atoms with van der Waals surface area (Å²) >= 11 is 1.69. The van der Waals surface area contributed by atoms with Crippen molar-refractivity contribution in [3.05, 3.63) is 58.0 Å². The summed E-state index contributed by atoms with van der Waals surface area (Å²) in [5.74, 6) is 0.151. The molecule has 1 amide bonds. The number of carbonyl (C=O) groups excluding carboxylic acids is 1. The van der Waals surface area contributed by atoms with Gasteiger partial charge in [-0.1, -0.05) is 18.2 Å². The third kappa shape index (κ3) is 2.40. The summed E-state index contributed by atoms with van der Waals surface area (Å²) in [7, 11) is 0. The summed E-state index contributed by atoms with van der Waals surface area (Å²) in [4.78, 5) is 14.1. The average Bonchev–Trinajstić information content (AvgIpc) is 2.94. The van der Waals surface area contributed by atoms with Gasteiger partial charge in [0.25, 0.3) is 5.91 Å². The van der Waals surface area contributed by atoms with Crippen LogP contribution in [0.25, 0.3) is 0 Å². The Morgan fingerprint density at radius 1 is 1.29 bits per heavy atom. The zero-order valence-electron chi connectivity index (χ0n) is 13.4. The zero-order valence-corrected chi connectivity index (χ0v) is 14.2. The van der Waals surface area contributed by atoms with Crippen LogP contribution in [0.5, 0.6) is 5.75 Å². The van der Waals surface area contributed by atoms with Crippen molar-refractivity contribution < 1.29 is 9.90 Å². The Hall–Kier alpha value is -2.27. The van der Waals surface area contributed by atoms with Crippen molar-refractivity contribution in [3.63, 3.8) is 0 Å². The summed E-state index contributed by atoms with van der Waals surface area (Å²) in [5.41, 5.74) is 3.72. The number of phenols is 1. The van der Waals surface area contributed by atoms with E-state index in [0.717, 1.165) is 41.0 Å². The highest BCUT2D eigenvalue weighted by Crippen LogP contribution is 2.42. The molecule has 2 aliphatic rings. The summed E-state index contributed by atoms with van der Waals surface area (Å²) < 4.78 is 0. The van der Waals surface area contributed by atoms with Gasteiger partial charge in [-0.25, -0.2) is 0 Å². The van der Waals surface area contributed by atoms with Crippen molar-refractivity contribution in [2.45, 2.75) is 38.3 Å². The van der Waals surface area contributed by atoms with E-state index in [1.54, 1.807) is 23.5 Å². The van der Waals surface area contributed by atoms with Crippen LogP contribution in [0.2, 0.25) is 0 Å². The number of aryl methyl sites for hydroxylation is 1. The maximum atomic E-state index is 12.7. The number of allylic oxidation sites excluding steroid dienone is 1. The van der Waals surface area contributed by atoms with Gasteiger partial charge in [0.1, 0.15) is 16.9 Å². The number of carbonyl (C=O) groups is 1. The number of rotatable bonds is 3. The Balaban J connectivity index is 1.75. The summed E-state index contributed by atoms with van der Waals surface area (Å²) in [6.07, 6.45) is 6.42. The molecular formula is C19H20N2O2S. The number of amides is 1. The van der Waals surface area contributed by atoms with Gasteiger partial charge in [-0.05, 0) is 49.3 Å². The van der Waals surface area contributed by atoms with Crippen molar-refractivity contribution in [2.75, 3.05) is 5.32 Å². The Bertz CT molecular complexity index is 825. The standard InChI is InChI=1S/C19H20N2O2S/c1-2-6-11-7-5-9-13(22)15(11)17-20-18(23)16-12-8-3-4-10-14(12)24-19(16)21-17/h2,5,7,9,17,21-22H,1,3-4,6,8,10H2,(H,20,23)/t17-/m0/s1. The van der Waals surface area contributed by atoms with Crippen LogP contribution >= 0.6 is 11.3 Å². The van der Waals surface area contributed by atoms with E-state index < -0.39 is 6.17 Å². The number of phenolic OH excluding ortho intramolecular Hbond substituents is 1. The second-order valence-electron chi connectivity index (χ2n) is 6.31. The molecule has 0 saturated heterocycles. The Morgan fingerprint density at radius 2 is 2.12 bits per heavy atom. The Kier molecular flexibility index (Phi) is 3.81. The lowest BCUT2D eigenvalue weighted by atomic mass is 9.93. The molecule has 4 nitrogen and oxygen atoms in total. The van der Waals surface area contributed by atoms with Crippen molar-refractivity contribution in [1.29, 1.82) is 0 Å². The highest BCUT2D eigenvalue weighted by atomic mass is 32.1. The number of hydrogen-bond donors (Lipinski definition) is 3. The molecule has 0 spiro atoms. The smallest absolute Gasteiger partial charge is 0.256 e. The first kappa shape index (κ1) is 15.3. The van der Waals surface area contributed by atoms with Crippen LogP contribution in [0, 0.1) is 0 Å². The second-order valence-corrected chi connectivity index (χ2v) is 7.41. The van der Waals surface area contributed by atoms with E-state index in [1.165, 1.54) is 16.9 Å². The molecule has 4 rings (SSSR count). The van der Waals surface area contributed by atoms with Crippen LogP contribution in [0.1, 0.15) is 50.9 Å². The van der Waals surface area contributed by atoms with Crippen LogP contribution in [0.3, 0.4) is 0 Å². The molecule has 3 N–H and O–H groups in total. The molecule has 124 valence electrons. The van der Waals surface area contributed by atoms with Gasteiger partial charge >= 0.3 is 0 Å². The summed E-state index contributed by atoms with van der Waals surface area (Å²) in [5, 5.41) is 17.7. The molecule has 2 aromatic rings. The molecule has 0 fully saturated rings. The highest BCUT2D eigenvalue weighted by Gasteiger charge is 2.33. The van der Waals surface area contributed by atoms with Gasteiger partial charge in [0.05, 0.1) is 5.56 Å². The summed E-state index contributed by atoms with van der Waals surface area (Å²) in [6.45, 7) is 3.78. The SMILES string of the molecule is C=CCc1cccc(O)c1[C@H]1NC(=O)c2c(sc3c2CCCC3)N1. The fourth-order valence-electron chi connectivity index (χ4n) is 3.69. The first-order valence-corrected chi connectivity index (χ1v) is 9.14. The number of aromatic hydroxyl groups is 1. The van der Waals surface area contributed by atoms with Crippen molar-refractivity contribution >= 4 is 22.2 Å². The molecule has 0 saturated carbocycles. The predicted octanol–water partition coefficient (Wildman–Crippen LogP) is 3.92. The normalized spacial score (nSPS) is 19.0. The molecule has 1 atom stereocenters. The molecule has 24 heavy (non-hydrogen) atoms. The summed E-state index contributed by atoms with van der Waals surface area (Å²) in [6, 6.07) is 5.43. The molecule has 5 heteroatoms. The van der Waals surface area contributed by atoms with E-state index >= 15 is 0 Å². The van der Waals surface area contributed by atoms with Crippen LogP contribution in [-0.2, 0) is 19.3 Å². The fourth-order valence-corrected chi connectivity index (χ4v) is 5.00.